The van der Waals surface area contributed by atoms with Crippen LogP contribution in [0.25, 0.3) is 0 Å². The smallest absolute Gasteiger partial charge is 0.255 e. The fraction of sp³-hybridized carbons (Fsp3) is 0.0588. The van der Waals surface area contributed by atoms with Gasteiger partial charge in [0.2, 0.25) is 5.91 Å². The lowest BCUT2D eigenvalue weighted by atomic mass is 10.1. The van der Waals surface area contributed by atoms with Crippen LogP contribution in [0.4, 0.5) is 15.8 Å². The van der Waals surface area contributed by atoms with Gasteiger partial charge in [0.15, 0.2) is 0 Å². The molecule has 23 heavy (non-hydrogen) atoms. The Morgan fingerprint density at radius 2 is 1.78 bits per heavy atom. The Balaban J connectivity index is 2.14. The van der Waals surface area contributed by atoms with E-state index in [1.165, 1.54) is 6.07 Å². The highest BCUT2D eigenvalue weighted by Gasteiger charge is 2.12. The van der Waals surface area contributed by atoms with Crippen LogP contribution in [0.5, 0.6) is 0 Å². The van der Waals surface area contributed by atoms with Crippen molar-refractivity contribution in [3.8, 4) is 0 Å². The molecular formula is C17H14BrFN2O2. The quantitative estimate of drug-likeness (QED) is 0.782. The predicted molar refractivity (Wildman–Crippen MR) is 92.1 cm³/mol. The van der Waals surface area contributed by atoms with Crippen LogP contribution in [0.15, 0.2) is 53.5 Å². The van der Waals surface area contributed by atoms with Gasteiger partial charge in [-0.25, -0.2) is 4.39 Å². The van der Waals surface area contributed by atoms with Crippen LogP contribution in [-0.4, -0.2) is 11.8 Å². The molecule has 0 aliphatic carbocycles. The number of hydrogen-bond acceptors (Lipinski definition) is 2. The Morgan fingerprint density at radius 1 is 1.13 bits per heavy atom. The monoisotopic (exact) mass is 376 g/mol. The topological polar surface area (TPSA) is 58.2 Å². The molecule has 0 heterocycles. The first-order chi connectivity index (χ1) is 10.9. The predicted octanol–water partition coefficient (Wildman–Crippen LogP) is 4.27. The van der Waals surface area contributed by atoms with E-state index in [4.69, 9.17) is 0 Å². The van der Waals surface area contributed by atoms with Crippen molar-refractivity contribution in [3.63, 3.8) is 0 Å². The maximum atomic E-state index is 13.8. The summed E-state index contributed by atoms with van der Waals surface area (Å²) in [6.45, 7) is 4.95. The molecule has 2 N–H and O–H groups in total. The normalized spacial score (nSPS) is 10.0. The molecule has 6 heteroatoms. The highest BCUT2D eigenvalue weighted by molar-refractivity contribution is 9.10. The lowest BCUT2D eigenvalue weighted by molar-refractivity contribution is -0.111. The van der Waals surface area contributed by atoms with E-state index >= 15 is 0 Å². The van der Waals surface area contributed by atoms with Gasteiger partial charge < -0.3 is 10.6 Å². The Hall–Kier alpha value is -2.47. The molecule has 0 unspecified atom stereocenters. The Labute approximate surface area is 141 Å². The molecule has 4 nitrogen and oxygen atoms in total. The van der Waals surface area contributed by atoms with E-state index in [0.29, 0.717) is 27.0 Å². The van der Waals surface area contributed by atoms with Crippen LogP contribution < -0.4 is 10.6 Å². The summed E-state index contributed by atoms with van der Waals surface area (Å²) in [5.74, 6) is -1.11. The molecular weight excluding hydrogens is 363 g/mol. The molecule has 0 radical (unpaired) electrons. The van der Waals surface area contributed by atoms with Crippen molar-refractivity contribution in [2.24, 2.45) is 0 Å². The van der Waals surface area contributed by atoms with Crippen LogP contribution in [0.2, 0.25) is 0 Å². The summed E-state index contributed by atoms with van der Waals surface area (Å²) in [6, 6.07) is 9.50. The van der Waals surface area contributed by atoms with E-state index in [1.54, 1.807) is 37.3 Å². The van der Waals surface area contributed by atoms with Crippen molar-refractivity contribution >= 4 is 39.1 Å². The van der Waals surface area contributed by atoms with Gasteiger partial charge in [0.1, 0.15) is 5.82 Å². The summed E-state index contributed by atoms with van der Waals surface area (Å²) >= 11 is 3.10. The molecule has 0 aliphatic heterocycles. The molecule has 0 atom stereocenters. The van der Waals surface area contributed by atoms with Gasteiger partial charge in [0.25, 0.3) is 5.91 Å². The minimum atomic E-state index is -0.412. The van der Waals surface area contributed by atoms with Gasteiger partial charge in [-0.1, -0.05) is 6.58 Å². The zero-order valence-electron chi connectivity index (χ0n) is 12.3. The molecule has 2 aromatic rings. The van der Waals surface area contributed by atoms with E-state index in [-0.39, 0.29) is 11.8 Å². The van der Waals surface area contributed by atoms with E-state index in [9.17, 15) is 14.0 Å². The van der Waals surface area contributed by atoms with E-state index in [0.717, 1.165) is 6.08 Å². The summed E-state index contributed by atoms with van der Waals surface area (Å²) in [4.78, 5) is 23.4. The number of benzene rings is 2. The molecule has 0 saturated heterocycles. The van der Waals surface area contributed by atoms with Gasteiger partial charge in [-0.2, -0.15) is 0 Å². The van der Waals surface area contributed by atoms with Crippen molar-refractivity contribution < 1.29 is 14.0 Å². The second-order valence-corrected chi connectivity index (χ2v) is 5.61. The average Bonchev–Trinajstić information content (AvgIpc) is 2.55. The fourth-order valence-corrected chi connectivity index (χ4v) is 2.31. The molecule has 0 saturated carbocycles. The number of nitrogens with one attached hydrogen (secondary N) is 2. The summed E-state index contributed by atoms with van der Waals surface area (Å²) < 4.78 is 14.1. The van der Waals surface area contributed by atoms with Crippen molar-refractivity contribution in [3.05, 3.63) is 70.5 Å². The van der Waals surface area contributed by atoms with Gasteiger partial charge in [0, 0.05) is 22.5 Å². The first-order valence-corrected chi connectivity index (χ1v) is 7.51. The van der Waals surface area contributed by atoms with Crippen LogP contribution in [0.3, 0.4) is 0 Å². The first-order valence-electron chi connectivity index (χ1n) is 6.72. The second kappa shape index (κ2) is 7.19. The SMILES string of the molecule is C=CC(=O)Nc1ccc(C(=O)Nc2ccc(Br)c(F)c2C)cc1. The van der Waals surface area contributed by atoms with Crippen molar-refractivity contribution in [2.45, 2.75) is 6.92 Å². The van der Waals surface area contributed by atoms with Gasteiger partial charge in [0.05, 0.1) is 4.47 Å². The van der Waals surface area contributed by atoms with Crippen molar-refractivity contribution in [1.29, 1.82) is 0 Å². The maximum absolute atomic E-state index is 13.8. The van der Waals surface area contributed by atoms with Crippen molar-refractivity contribution in [2.75, 3.05) is 10.6 Å². The zero-order valence-corrected chi connectivity index (χ0v) is 13.9. The number of rotatable bonds is 4. The van der Waals surface area contributed by atoms with E-state index < -0.39 is 5.82 Å². The first kappa shape index (κ1) is 16.9. The van der Waals surface area contributed by atoms with Gasteiger partial charge in [-0.3, -0.25) is 9.59 Å². The summed E-state index contributed by atoms with van der Waals surface area (Å²) in [7, 11) is 0. The number of halogens is 2. The van der Waals surface area contributed by atoms with Gasteiger partial charge >= 0.3 is 0 Å². The summed E-state index contributed by atoms with van der Waals surface area (Å²) in [6.07, 6.45) is 1.16. The molecule has 2 amide bonds. The summed E-state index contributed by atoms with van der Waals surface area (Å²) in [5, 5.41) is 5.25. The average molecular weight is 377 g/mol. The molecule has 0 aliphatic rings. The molecule has 0 fully saturated rings. The van der Waals surface area contributed by atoms with Crippen LogP contribution in [-0.2, 0) is 4.79 Å². The summed E-state index contributed by atoms with van der Waals surface area (Å²) in [5.41, 5.74) is 1.70. The lowest BCUT2D eigenvalue weighted by Gasteiger charge is -2.10. The van der Waals surface area contributed by atoms with Crippen LogP contribution in [0.1, 0.15) is 15.9 Å². The van der Waals surface area contributed by atoms with Crippen LogP contribution in [0, 0.1) is 12.7 Å². The van der Waals surface area contributed by atoms with E-state index in [2.05, 4.69) is 33.1 Å². The third kappa shape index (κ3) is 4.04. The minimum absolute atomic E-state index is 0.330. The molecule has 0 spiro atoms. The third-order valence-corrected chi connectivity index (χ3v) is 3.80. The largest absolute Gasteiger partial charge is 0.323 e. The number of carbonyl (C=O) groups is 2. The highest BCUT2D eigenvalue weighted by Crippen LogP contribution is 2.25. The number of carbonyl (C=O) groups excluding carboxylic acids is 2. The Kier molecular flexibility index (Phi) is 5.28. The minimum Gasteiger partial charge on any atom is -0.323 e. The molecule has 118 valence electrons. The van der Waals surface area contributed by atoms with E-state index in [1.807, 2.05) is 0 Å². The molecule has 0 aromatic heterocycles. The number of amides is 2. The number of hydrogen-bond donors (Lipinski definition) is 2. The van der Waals surface area contributed by atoms with Crippen LogP contribution >= 0.6 is 15.9 Å². The molecule has 0 bridgehead atoms. The second-order valence-electron chi connectivity index (χ2n) is 4.76. The van der Waals surface area contributed by atoms with Gasteiger partial charge in [-0.15, -0.1) is 0 Å². The standard InChI is InChI=1S/C17H14BrFN2O2/c1-3-15(22)20-12-6-4-11(5-7-12)17(23)21-14-9-8-13(18)16(19)10(14)2/h3-9H,1H2,2H3,(H,20,22)(H,21,23). The number of anilines is 2. The molecule has 2 aromatic carbocycles. The Bertz CT molecular complexity index is 773. The van der Waals surface area contributed by atoms with Crippen molar-refractivity contribution in [1.82, 2.24) is 0 Å². The maximum Gasteiger partial charge on any atom is 0.255 e. The Morgan fingerprint density at radius 3 is 2.39 bits per heavy atom. The fourth-order valence-electron chi connectivity index (χ4n) is 1.88. The highest BCUT2D eigenvalue weighted by atomic mass is 79.9. The molecule has 2 rings (SSSR count). The lowest BCUT2D eigenvalue weighted by Crippen LogP contribution is -2.13. The third-order valence-electron chi connectivity index (χ3n) is 3.19. The zero-order chi connectivity index (χ0) is 17.0. The van der Waals surface area contributed by atoms with Gasteiger partial charge in [-0.05, 0) is 65.3 Å².